The van der Waals surface area contributed by atoms with Gasteiger partial charge >= 0.3 is 11.9 Å². The molecule has 1 aromatic heterocycles. The molecule has 0 fully saturated rings. The molecule has 1 aromatic rings. The van der Waals surface area contributed by atoms with Crippen LogP contribution in [0.2, 0.25) is 0 Å². The highest BCUT2D eigenvalue weighted by Gasteiger charge is 2.15. The van der Waals surface area contributed by atoms with E-state index >= 15 is 0 Å². The number of aromatic nitrogens is 1. The summed E-state index contributed by atoms with van der Waals surface area (Å²) in [6, 6.07) is 3.52. The quantitative estimate of drug-likeness (QED) is 0.602. The lowest BCUT2D eigenvalue weighted by Crippen LogP contribution is -2.33. The van der Waals surface area contributed by atoms with E-state index in [1.807, 2.05) is 0 Å². The number of amides is 1. The summed E-state index contributed by atoms with van der Waals surface area (Å²) in [5, 5.41) is 2.46. The molecule has 0 aliphatic carbocycles. The third kappa shape index (κ3) is 4.08. The second-order valence-corrected chi connectivity index (χ2v) is 3.49. The van der Waals surface area contributed by atoms with Crippen molar-refractivity contribution < 1.29 is 14.3 Å². The van der Waals surface area contributed by atoms with Crippen molar-refractivity contribution in [3.05, 3.63) is 30.1 Å². The highest BCUT2D eigenvalue weighted by Crippen LogP contribution is 1.95. The monoisotopic (exact) mass is 222 g/mol. The molecule has 0 bridgehead atoms. The molecule has 1 rings (SSSR count). The second kappa shape index (κ2) is 5.85. The summed E-state index contributed by atoms with van der Waals surface area (Å²) < 4.78 is 4.74. The Morgan fingerprint density at radius 3 is 2.56 bits per heavy atom. The largest absolute Gasteiger partial charge is 0.456 e. The maximum atomic E-state index is 11.3. The number of pyridine rings is 1. The number of hydrogen-bond donors (Lipinski definition) is 1. The molecule has 0 aromatic carbocycles. The molecule has 0 aliphatic rings. The van der Waals surface area contributed by atoms with Gasteiger partial charge in [-0.15, -0.1) is 0 Å². The van der Waals surface area contributed by atoms with Crippen LogP contribution in [0.3, 0.4) is 0 Å². The second-order valence-electron chi connectivity index (χ2n) is 3.49. The van der Waals surface area contributed by atoms with Gasteiger partial charge in [0.15, 0.2) is 0 Å². The molecule has 0 saturated heterocycles. The summed E-state index contributed by atoms with van der Waals surface area (Å²) in [6.45, 7) is 3.66. The Labute approximate surface area is 93.8 Å². The van der Waals surface area contributed by atoms with Crippen molar-refractivity contribution in [3.63, 3.8) is 0 Å². The van der Waals surface area contributed by atoms with Crippen LogP contribution in [0.25, 0.3) is 0 Å². The van der Waals surface area contributed by atoms with E-state index in [2.05, 4.69) is 10.3 Å². The van der Waals surface area contributed by atoms with Crippen molar-refractivity contribution in [3.8, 4) is 0 Å². The minimum atomic E-state index is -0.857. The summed E-state index contributed by atoms with van der Waals surface area (Å²) in [5.74, 6) is -1.59. The predicted octanol–water partition coefficient (Wildman–Crippen LogP) is 0.649. The van der Waals surface area contributed by atoms with Crippen LogP contribution in [-0.2, 0) is 20.9 Å². The smallest absolute Gasteiger partial charge is 0.397 e. The Kier molecular flexibility index (Phi) is 4.44. The summed E-state index contributed by atoms with van der Waals surface area (Å²) in [5.41, 5.74) is 0.876. The molecular weight excluding hydrogens is 208 g/mol. The zero-order valence-electron chi connectivity index (χ0n) is 9.27. The van der Waals surface area contributed by atoms with Crippen molar-refractivity contribution in [1.82, 2.24) is 10.3 Å². The molecule has 0 radical (unpaired) electrons. The van der Waals surface area contributed by atoms with Crippen molar-refractivity contribution in [2.24, 2.45) is 0 Å². The first-order chi connectivity index (χ1) is 7.59. The van der Waals surface area contributed by atoms with Crippen LogP contribution < -0.4 is 5.32 Å². The summed E-state index contributed by atoms with van der Waals surface area (Å²) >= 11 is 0. The molecule has 86 valence electrons. The van der Waals surface area contributed by atoms with Gasteiger partial charge in [0.25, 0.3) is 0 Å². The van der Waals surface area contributed by atoms with E-state index in [1.165, 1.54) is 0 Å². The van der Waals surface area contributed by atoms with Gasteiger partial charge in [-0.1, -0.05) is 0 Å². The zero-order valence-corrected chi connectivity index (χ0v) is 9.27. The molecule has 5 heteroatoms. The highest BCUT2D eigenvalue weighted by molar-refractivity contribution is 6.32. The minimum Gasteiger partial charge on any atom is -0.456 e. The first-order valence-electron chi connectivity index (χ1n) is 4.97. The normalized spacial score (nSPS) is 9.94. The lowest BCUT2D eigenvalue weighted by Gasteiger charge is -2.07. The maximum Gasteiger partial charge on any atom is 0.397 e. The molecule has 1 heterocycles. The average Bonchev–Trinajstić information content (AvgIpc) is 2.26. The molecule has 1 amide bonds. The van der Waals surface area contributed by atoms with Gasteiger partial charge in [-0.3, -0.25) is 9.78 Å². The molecular formula is C11H14N2O3. The molecule has 0 aliphatic heterocycles. The van der Waals surface area contributed by atoms with Gasteiger partial charge in [-0.25, -0.2) is 4.79 Å². The van der Waals surface area contributed by atoms with Crippen LogP contribution in [0, 0.1) is 0 Å². The molecule has 0 saturated carbocycles. The molecule has 1 N–H and O–H groups in total. The Morgan fingerprint density at radius 2 is 2.00 bits per heavy atom. The van der Waals surface area contributed by atoms with Crippen molar-refractivity contribution in [2.75, 3.05) is 0 Å². The number of carbonyl (C=O) groups is 2. The third-order valence-corrected chi connectivity index (χ3v) is 1.73. The Hall–Kier alpha value is -1.91. The van der Waals surface area contributed by atoms with Crippen LogP contribution in [0.15, 0.2) is 24.5 Å². The van der Waals surface area contributed by atoms with Gasteiger partial charge in [0.2, 0.25) is 0 Å². The fourth-order valence-corrected chi connectivity index (χ4v) is 1.02. The predicted molar refractivity (Wildman–Crippen MR) is 57.3 cm³/mol. The van der Waals surface area contributed by atoms with Crippen LogP contribution in [-0.4, -0.2) is 23.0 Å². The number of nitrogens with one attached hydrogen (secondary N) is 1. The number of hydrogen-bond acceptors (Lipinski definition) is 4. The lowest BCUT2D eigenvalue weighted by atomic mass is 10.3. The minimum absolute atomic E-state index is 0.286. The van der Waals surface area contributed by atoms with E-state index < -0.39 is 11.9 Å². The molecule has 0 atom stereocenters. The molecule has 16 heavy (non-hydrogen) atoms. The summed E-state index contributed by atoms with van der Waals surface area (Å²) in [6.07, 6.45) is 2.95. The standard InChI is InChI=1S/C11H14N2O3/c1-8(2)16-11(15)10(14)13-7-9-3-5-12-6-4-9/h3-6,8H,7H2,1-2H3,(H,13,14). The van der Waals surface area contributed by atoms with E-state index in [1.54, 1.807) is 38.4 Å². The third-order valence-electron chi connectivity index (χ3n) is 1.73. The first-order valence-corrected chi connectivity index (χ1v) is 4.97. The Bertz CT molecular complexity index is 363. The van der Waals surface area contributed by atoms with Crippen LogP contribution in [0.1, 0.15) is 19.4 Å². The van der Waals surface area contributed by atoms with Gasteiger partial charge in [-0.05, 0) is 31.5 Å². The number of carbonyl (C=O) groups excluding carboxylic acids is 2. The van der Waals surface area contributed by atoms with Crippen molar-refractivity contribution in [2.45, 2.75) is 26.5 Å². The molecule has 5 nitrogen and oxygen atoms in total. The number of rotatable bonds is 3. The van der Waals surface area contributed by atoms with E-state index in [0.717, 1.165) is 5.56 Å². The first kappa shape index (κ1) is 12.2. The van der Waals surface area contributed by atoms with Gasteiger partial charge in [0.05, 0.1) is 6.10 Å². The fourth-order valence-electron chi connectivity index (χ4n) is 1.02. The van der Waals surface area contributed by atoms with Crippen LogP contribution in [0.4, 0.5) is 0 Å². The summed E-state index contributed by atoms with van der Waals surface area (Å²) in [7, 11) is 0. The average molecular weight is 222 g/mol. The Morgan fingerprint density at radius 1 is 1.38 bits per heavy atom. The highest BCUT2D eigenvalue weighted by atomic mass is 16.5. The maximum absolute atomic E-state index is 11.3. The lowest BCUT2D eigenvalue weighted by molar-refractivity contribution is -0.157. The van der Waals surface area contributed by atoms with E-state index in [4.69, 9.17) is 4.74 Å². The van der Waals surface area contributed by atoms with Gasteiger partial charge < -0.3 is 10.1 Å². The van der Waals surface area contributed by atoms with Crippen LogP contribution >= 0.6 is 0 Å². The fraction of sp³-hybridized carbons (Fsp3) is 0.364. The summed E-state index contributed by atoms with van der Waals surface area (Å²) in [4.78, 5) is 26.2. The molecule has 0 unspecified atom stereocenters. The number of nitrogens with zero attached hydrogens (tertiary/aromatic N) is 1. The SMILES string of the molecule is CC(C)OC(=O)C(=O)NCc1ccncc1. The van der Waals surface area contributed by atoms with Gasteiger partial charge in [-0.2, -0.15) is 0 Å². The van der Waals surface area contributed by atoms with Crippen molar-refractivity contribution >= 4 is 11.9 Å². The number of ether oxygens (including phenoxy) is 1. The zero-order chi connectivity index (χ0) is 12.0. The van der Waals surface area contributed by atoms with E-state index in [0.29, 0.717) is 0 Å². The number of esters is 1. The van der Waals surface area contributed by atoms with E-state index in [9.17, 15) is 9.59 Å². The van der Waals surface area contributed by atoms with Gasteiger partial charge in [0, 0.05) is 18.9 Å². The van der Waals surface area contributed by atoms with Crippen LogP contribution in [0.5, 0.6) is 0 Å². The molecule has 0 spiro atoms. The van der Waals surface area contributed by atoms with E-state index in [-0.39, 0.29) is 12.6 Å². The topological polar surface area (TPSA) is 68.3 Å². The van der Waals surface area contributed by atoms with Gasteiger partial charge in [0.1, 0.15) is 0 Å². The van der Waals surface area contributed by atoms with Crippen molar-refractivity contribution in [1.29, 1.82) is 0 Å². The Balaban J connectivity index is 2.38.